The van der Waals surface area contributed by atoms with Crippen LogP contribution in [-0.4, -0.2) is 40.8 Å². The van der Waals surface area contributed by atoms with E-state index in [2.05, 4.69) is 5.32 Å². The Balaban J connectivity index is 1.82. The second-order valence-corrected chi connectivity index (χ2v) is 7.07. The first-order valence-electron chi connectivity index (χ1n) is 9.97. The van der Waals surface area contributed by atoms with Gasteiger partial charge in [0.25, 0.3) is 0 Å². The summed E-state index contributed by atoms with van der Waals surface area (Å²) >= 11 is 0. The predicted molar refractivity (Wildman–Crippen MR) is 122 cm³/mol. The molecule has 1 N–H and O–H groups in total. The number of benzene rings is 3. The van der Waals surface area contributed by atoms with Crippen LogP contribution in [0.3, 0.4) is 0 Å². The minimum absolute atomic E-state index is 0.106. The topological polar surface area (TPSA) is 60.0 Å². The van der Waals surface area contributed by atoms with Crippen LogP contribution in [0.25, 0.3) is 0 Å². The molecule has 6 heteroatoms. The highest BCUT2D eigenvalue weighted by Gasteiger charge is 2.19. The maximum atomic E-state index is 13.0. The van der Waals surface area contributed by atoms with E-state index in [9.17, 15) is 4.79 Å². The van der Waals surface area contributed by atoms with Gasteiger partial charge in [-0.05, 0) is 47.5 Å². The number of para-hydroxylation sites is 2. The molecular weight excluding hydrogens is 392 g/mol. The Morgan fingerprint density at radius 1 is 0.806 bits per heavy atom. The van der Waals surface area contributed by atoms with Gasteiger partial charge in [0.05, 0.1) is 39.6 Å². The van der Waals surface area contributed by atoms with Crippen LogP contribution < -0.4 is 24.4 Å². The summed E-state index contributed by atoms with van der Waals surface area (Å²) < 4.78 is 15.9. The molecule has 0 atom stereocenters. The summed E-state index contributed by atoms with van der Waals surface area (Å²) in [6, 6.07) is 22.7. The molecule has 0 radical (unpaired) electrons. The van der Waals surface area contributed by atoms with Gasteiger partial charge in [-0.3, -0.25) is 4.79 Å². The van der Waals surface area contributed by atoms with Crippen LogP contribution in [0.15, 0.2) is 72.8 Å². The number of likely N-dealkylation sites (N-methyl/N-ethyl adjacent to an activating group) is 1. The molecule has 3 aromatic carbocycles. The van der Waals surface area contributed by atoms with Gasteiger partial charge in [-0.15, -0.1) is 0 Å². The minimum Gasteiger partial charge on any atom is -0.497 e. The van der Waals surface area contributed by atoms with Crippen molar-refractivity contribution >= 4 is 11.6 Å². The van der Waals surface area contributed by atoms with Gasteiger partial charge in [-0.1, -0.05) is 36.4 Å². The summed E-state index contributed by atoms with van der Waals surface area (Å²) in [5.74, 6) is 2.14. The van der Waals surface area contributed by atoms with E-state index in [1.807, 2.05) is 84.7 Å². The third kappa shape index (κ3) is 5.48. The smallest absolute Gasteiger partial charge is 0.240 e. The van der Waals surface area contributed by atoms with Crippen molar-refractivity contribution in [2.24, 2.45) is 0 Å². The number of hydrogen-bond acceptors (Lipinski definition) is 5. The van der Waals surface area contributed by atoms with Crippen molar-refractivity contribution < 1.29 is 19.0 Å². The molecule has 1 amide bonds. The molecule has 0 aromatic heterocycles. The number of anilines is 1. The standard InChI is InChI=1S/C25H28N2O4/c1-27(22-7-5-6-8-23(22)31-4)17-24(28)26-25(18-9-13-20(29-2)14-10-18)19-11-15-21(30-3)16-12-19/h5-16,25H,17H2,1-4H3,(H,26,28). The fourth-order valence-electron chi connectivity index (χ4n) is 3.40. The lowest BCUT2D eigenvalue weighted by Crippen LogP contribution is -2.37. The minimum atomic E-state index is -0.310. The number of ether oxygens (including phenoxy) is 3. The molecule has 0 aliphatic rings. The molecule has 0 saturated heterocycles. The average molecular weight is 421 g/mol. The van der Waals surface area contributed by atoms with E-state index in [1.54, 1.807) is 21.3 Å². The van der Waals surface area contributed by atoms with E-state index in [1.165, 1.54) is 0 Å². The number of methoxy groups -OCH3 is 3. The van der Waals surface area contributed by atoms with Crippen LogP contribution in [-0.2, 0) is 4.79 Å². The molecule has 0 fully saturated rings. The summed E-state index contributed by atoms with van der Waals surface area (Å²) in [5, 5.41) is 3.16. The summed E-state index contributed by atoms with van der Waals surface area (Å²) in [6.07, 6.45) is 0. The zero-order valence-electron chi connectivity index (χ0n) is 18.3. The van der Waals surface area contributed by atoms with Crippen LogP contribution in [0.5, 0.6) is 17.2 Å². The normalized spacial score (nSPS) is 10.5. The fourth-order valence-corrected chi connectivity index (χ4v) is 3.40. The summed E-state index contributed by atoms with van der Waals surface area (Å²) in [7, 11) is 6.75. The van der Waals surface area contributed by atoms with Crippen LogP contribution >= 0.6 is 0 Å². The molecule has 0 aliphatic heterocycles. The summed E-state index contributed by atoms with van der Waals surface area (Å²) in [6.45, 7) is 0.184. The lowest BCUT2D eigenvalue weighted by atomic mass is 9.98. The molecule has 3 aromatic rings. The highest BCUT2D eigenvalue weighted by atomic mass is 16.5. The zero-order valence-corrected chi connectivity index (χ0v) is 18.3. The van der Waals surface area contributed by atoms with E-state index >= 15 is 0 Å². The Kier molecular flexibility index (Phi) is 7.38. The SMILES string of the molecule is COc1ccc(C(NC(=O)CN(C)c2ccccc2OC)c2ccc(OC)cc2)cc1. The number of carbonyl (C=O) groups excluding carboxylic acids is 1. The van der Waals surface area contributed by atoms with Crippen LogP contribution in [0, 0.1) is 0 Å². The molecule has 0 spiro atoms. The van der Waals surface area contributed by atoms with Crippen LogP contribution in [0.2, 0.25) is 0 Å². The van der Waals surface area contributed by atoms with Gasteiger partial charge in [-0.2, -0.15) is 0 Å². The van der Waals surface area contributed by atoms with Gasteiger partial charge in [-0.25, -0.2) is 0 Å². The van der Waals surface area contributed by atoms with Crippen molar-refractivity contribution in [3.05, 3.63) is 83.9 Å². The highest BCUT2D eigenvalue weighted by molar-refractivity contribution is 5.82. The molecular formula is C25H28N2O4. The van der Waals surface area contributed by atoms with Crippen molar-refractivity contribution in [2.45, 2.75) is 6.04 Å². The lowest BCUT2D eigenvalue weighted by Gasteiger charge is -2.24. The Hall–Kier alpha value is -3.67. The number of nitrogens with zero attached hydrogens (tertiary/aromatic N) is 1. The molecule has 0 saturated carbocycles. The maximum Gasteiger partial charge on any atom is 0.240 e. The molecule has 0 heterocycles. The number of carbonyl (C=O) groups is 1. The van der Waals surface area contributed by atoms with Gasteiger partial charge in [0.1, 0.15) is 17.2 Å². The number of hydrogen-bond donors (Lipinski definition) is 1. The first-order chi connectivity index (χ1) is 15.0. The van der Waals surface area contributed by atoms with E-state index in [4.69, 9.17) is 14.2 Å². The quantitative estimate of drug-likeness (QED) is 0.566. The Morgan fingerprint density at radius 2 is 1.32 bits per heavy atom. The average Bonchev–Trinajstić information content (AvgIpc) is 2.82. The largest absolute Gasteiger partial charge is 0.497 e. The van der Waals surface area contributed by atoms with Crippen molar-refractivity contribution in [3.63, 3.8) is 0 Å². The molecule has 3 rings (SSSR count). The zero-order chi connectivity index (χ0) is 22.2. The third-order valence-corrected chi connectivity index (χ3v) is 5.08. The highest BCUT2D eigenvalue weighted by Crippen LogP contribution is 2.28. The monoisotopic (exact) mass is 420 g/mol. The first kappa shape index (κ1) is 22.0. The number of rotatable bonds is 9. The van der Waals surface area contributed by atoms with E-state index in [0.29, 0.717) is 0 Å². The first-order valence-corrected chi connectivity index (χ1v) is 9.97. The van der Waals surface area contributed by atoms with Gasteiger partial charge in [0.15, 0.2) is 0 Å². The second kappa shape index (κ2) is 10.4. The lowest BCUT2D eigenvalue weighted by molar-refractivity contribution is -0.120. The molecule has 6 nitrogen and oxygen atoms in total. The molecule has 162 valence electrons. The fraction of sp³-hybridized carbons (Fsp3) is 0.240. The van der Waals surface area contributed by atoms with Crippen LogP contribution in [0.4, 0.5) is 5.69 Å². The van der Waals surface area contributed by atoms with Crippen molar-refractivity contribution in [2.75, 3.05) is 39.8 Å². The Morgan fingerprint density at radius 3 is 1.81 bits per heavy atom. The predicted octanol–water partition coefficient (Wildman–Crippen LogP) is 4.05. The second-order valence-electron chi connectivity index (χ2n) is 7.07. The molecule has 0 bridgehead atoms. The van der Waals surface area contributed by atoms with Crippen molar-refractivity contribution in [1.82, 2.24) is 5.32 Å². The van der Waals surface area contributed by atoms with E-state index < -0.39 is 0 Å². The Bertz CT molecular complexity index is 940. The van der Waals surface area contributed by atoms with Gasteiger partial charge in [0.2, 0.25) is 5.91 Å². The molecule has 31 heavy (non-hydrogen) atoms. The number of nitrogens with one attached hydrogen (secondary N) is 1. The van der Waals surface area contributed by atoms with Gasteiger partial charge >= 0.3 is 0 Å². The van der Waals surface area contributed by atoms with E-state index in [-0.39, 0.29) is 18.5 Å². The summed E-state index contributed by atoms with van der Waals surface area (Å²) in [5.41, 5.74) is 2.77. The van der Waals surface area contributed by atoms with Crippen molar-refractivity contribution in [1.29, 1.82) is 0 Å². The van der Waals surface area contributed by atoms with Gasteiger partial charge in [0, 0.05) is 7.05 Å². The third-order valence-electron chi connectivity index (χ3n) is 5.08. The number of amides is 1. The Labute approximate surface area is 183 Å². The molecule has 0 aliphatic carbocycles. The van der Waals surface area contributed by atoms with Gasteiger partial charge < -0.3 is 24.4 Å². The van der Waals surface area contributed by atoms with Crippen molar-refractivity contribution in [3.8, 4) is 17.2 Å². The van der Waals surface area contributed by atoms with Crippen LogP contribution in [0.1, 0.15) is 17.2 Å². The maximum absolute atomic E-state index is 13.0. The van der Waals surface area contributed by atoms with E-state index in [0.717, 1.165) is 34.1 Å². The summed E-state index contributed by atoms with van der Waals surface area (Å²) in [4.78, 5) is 14.9. The molecule has 0 unspecified atom stereocenters.